The number of hydrogen-bond acceptors (Lipinski definition) is 0. The van der Waals surface area contributed by atoms with Gasteiger partial charge in [-0.15, -0.1) is 0 Å². The molecule has 36 valence electrons. The molecule has 0 saturated heterocycles. The molecule has 6 heavy (non-hydrogen) atoms. The van der Waals surface area contributed by atoms with E-state index < -0.39 is 0 Å². The van der Waals surface area contributed by atoms with E-state index in [0.29, 0.717) is 0 Å². The lowest BCUT2D eigenvalue weighted by atomic mass is 11.0. The van der Waals surface area contributed by atoms with E-state index in [1.54, 1.807) is 0 Å². The fourth-order valence-electron chi connectivity index (χ4n) is 0.224. The van der Waals surface area contributed by atoms with Crippen molar-refractivity contribution in [1.29, 1.82) is 0 Å². The van der Waals surface area contributed by atoms with Crippen LogP contribution in [0.1, 0.15) is 13.8 Å². The quantitative estimate of drug-likeness (QED) is 0.468. The van der Waals surface area contributed by atoms with Gasteiger partial charge in [-0.2, -0.15) is 0 Å². The molecule has 0 unspecified atom stereocenters. The highest BCUT2D eigenvalue weighted by molar-refractivity contribution is 7.55. The third-order valence-corrected chi connectivity index (χ3v) is 2.68. The molecule has 0 atom stereocenters. The van der Waals surface area contributed by atoms with E-state index in [1.807, 2.05) is 0 Å². The highest BCUT2D eigenvalue weighted by Crippen LogP contribution is 2.15. The second-order valence-electron chi connectivity index (χ2n) is 1.30. The molecule has 0 spiro atoms. The Morgan fingerprint density at radius 2 is 1.67 bits per heavy atom. The minimum Gasteiger partial charge on any atom is -0.0243 e. The molecule has 0 aromatic carbocycles. The third-order valence-electron chi connectivity index (χ3n) is 0.894. The zero-order chi connectivity index (χ0) is 4.99. The maximum atomic E-state index is 3.94. The van der Waals surface area contributed by atoms with Crippen LogP contribution in [0.4, 0.5) is 0 Å². The van der Waals surface area contributed by atoms with Gasteiger partial charge in [0.15, 0.2) is 0 Å². The summed E-state index contributed by atoms with van der Waals surface area (Å²) in [5.41, 5.74) is 0. The molecule has 0 amide bonds. The molecule has 0 radical (unpaired) electrons. The van der Waals surface area contributed by atoms with E-state index in [4.69, 9.17) is 0 Å². The fraction of sp³-hybridized carbons (Fsp3) is 0.800. The van der Waals surface area contributed by atoms with Gasteiger partial charge in [0.2, 0.25) is 0 Å². The van der Waals surface area contributed by atoms with Crippen LogP contribution >= 0.6 is 7.55 Å². The summed E-state index contributed by atoms with van der Waals surface area (Å²) in [6.07, 6.45) is 6.51. The van der Waals surface area contributed by atoms with Crippen molar-refractivity contribution in [3.63, 3.8) is 0 Å². The Kier molecular flexibility index (Phi) is 3.46. The highest BCUT2D eigenvalue weighted by Gasteiger charge is 1.91. The molecule has 0 fully saturated rings. The van der Waals surface area contributed by atoms with Gasteiger partial charge in [-0.1, -0.05) is 0 Å². The molecule has 0 bridgehead atoms. The summed E-state index contributed by atoms with van der Waals surface area (Å²) in [5.74, 6) is 0. The van der Waals surface area contributed by atoms with Gasteiger partial charge in [0.25, 0.3) is 0 Å². The Balaban J connectivity index is 2.99. The first-order chi connectivity index (χ1) is 2.81. The van der Waals surface area contributed by atoms with Gasteiger partial charge in [-0.25, -0.2) is 0 Å². The van der Waals surface area contributed by atoms with Crippen LogP contribution in [0.3, 0.4) is 0 Å². The normalized spacial score (nSPS) is 8.33. The van der Waals surface area contributed by atoms with E-state index in [9.17, 15) is 0 Å². The van der Waals surface area contributed by atoms with Crippen LogP contribution < -0.4 is 0 Å². The van der Waals surface area contributed by atoms with Crippen molar-refractivity contribution in [2.24, 2.45) is 0 Å². The lowest BCUT2D eigenvalue weighted by Gasteiger charge is -1.75. The summed E-state index contributed by atoms with van der Waals surface area (Å²) in [5, 5.41) is 0. The van der Waals surface area contributed by atoms with Crippen LogP contribution in [-0.4, -0.2) is 18.6 Å². The molecule has 0 saturated carbocycles. The van der Waals surface area contributed by atoms with Crippen molar-refractivity contribution in [2.75, 3.05) is 12.3 Å². The first-order valence-corrected chi connectivity index (χ1v) is 4.26. The Labute approximate surface area is 41.0 Å². The smallest absolute Gasteiger partial charge is 0.0243 e. The second kappa shape index (κ2) is 3.36. The zero-order valence-electron chi connectivity index (χ0n) is 4.57. The van der Waals surface area contributed by atoms with Crippen LogP contribution in [0.25, 0.3) is 0 Å². The van der Waals surface area contributed by atoms with Gasteiger partial charge < -0.3 is 0 Å². The number of hydrogen-bond donors (Lipinski definition) is 0. The maximum absolute atomic E-state index is 3.94. The van der Waals surface area contributed by atoms with Crippen LogP contribution in [0.2, 0.25) is 0 Å². The Morgan fingerprint density at radius 1 is 1.33 bits per heavy atom. The molecule has 0 aromatic rings. The molecule has 0 nitrogen and oxygen atoms in total. The molecule has 0 aliphatic rings. The lowest BCUT2D eigenvalue weighted by Crippen LogP contribution is -1.67. The molecule has 0 aromatic heterocycles. The average molecular weight is 103 g/mol. The first kappa shape index (κ1) is 6.17. The molecule has 0 N–H and O–H groups in total. The third kappa shape index (κ3) is 2.41. The Morgan fingerprint density at radius 3 is 1.67 bits per heavy atom. The summed E-state index contributed by atoms with van der Waals surface area (Å²) < 4.78 is 0. The van der Waals surface area contributed by atoms with Crippen molar-refractivity contribution in [1.82, 2.24) is 0 Å². The van der Waals surface area contributed by atoms with Crippen molar-refractivity contribution >= 4 is 13.8 Å². The molecular formula is C5H12P+. The molecular weight excluding hydrogens is 91.0 g/mol. The Bertz CT molecular complexity index is 41.9. The predicted octanol–water partition coefficient (Wildman–Crippen LogP) is 1.94. The van der Waals surface area contributed by atoms with Crippen molar-refractivity contribution in [3.8, 4) is 0 Å². The van der Waals surface area contributed by atoms with Gasteiger partial charge in [0.05, 0.1) is 13.8 Å². The van der Waals surface area contributed by atoms with Crippen LogP contribution in [0.5, 0.6) is 0 Å². The first-order valence-electron chi connectivity index (χ1n) is 2.36. The van der Waals surface area contributed by atoms with E-state index in [2.05, 4.69) is 20.1 Å². The standard InChI is InChI=1S/C5H12P/c1-4-6(3)5-2/h3-5H2,1-2H3/q+1. The summed E-state index contributed by atoms with van der Waals surface area (Å²) in [6, 6.07) is 0. The summed E-state index contributed by atoms with van der Waals surface area (Å²) in [7, 11) is 0.174. The van der Waals surface area contributed by atoms with E-state index >= 15 is 0 Å². The average Bonchev–Trinajstić information content (AvgIpc) is 1.65. The maximum Gasteiger partial charge on any atom is 0.103 e. The van der Waals surface area contributed by atoms with Crippen LogP contribution in [0, 0.1) is 0 Å². The van der Waals surface area contributed by atoms with Gasteiger partial charge in [-0.3, -0.25) is 0 Å². The molecule has 0 aliphatic heterocycles. The minimum absolute atomic E-state index is 0.174. The number of rotatable bonds is 2. The zero-order valence-corrected chi connectivity index (χ0v) is 5.46. The minimum atomic E-state index is 0.174. The highest BCUT2D eigenvalue weighted by atomic mass is 31.1. The van der Waals surface area contributed by atoms with Gasteiger partial charge in [-0.05, 0) is 13.8 Å². The fourth-order valence-corrected chi connectivity index (χ4v) is 0.671. The van der Waals surface area contributed by atoms with Gasteiger partial charge in [0, 0.05) is 0 Å². The Hall–Kier alpha value is 0.170. The largest absolute Gasteiger partial charge is 0.103 e. The van der Waals surface area contributed by atoms with Crippen LogP contribution in [-0.2, 0) is 0 Å². The topological polar surface area (TPSA) is 0 Å². The molecule has 0 rings (SSSR count). The SMILES string of the molecule is C=[P+](CC)CC. The van der Waals surface area contributed by atoms with E-state index in [0.717, 1.165) is 0 Å². The predicted molar refractivity (Wildman–Crippen MR) is 35.1 cm³/mol. The van der Waals surface area contributed by atoms with E-state index in [1.165, 1.54) is 12.3 Å². The van der Waals surface area contributed by atoms with Gasteiger partial charge >= 0.3 is 0 Å². The summed E-state index contributed by atoms with van der Waals surface area (Å²) in [6.45, 7) is 4.39. The van der Waals surface area contributed by atoms with Crippen molar-refractivity contribution < 1.29 is 0 Å². The van der Waals surface area contributed by atoms with Crippen molar-refractivity contribution in [2.45, 2.75) is 13.8 Å². The summed E-state index contributed by atoms with van der Waals surface area (Å²) in [4.78, 5) is 0. The molecule has 1 heteroatoms. The molecule has 0 heterocycles. The second-order valence-corrected chi connectivity index (χ2v) is 3.91. The monoisotopic (exact) mass is 103 g/mol. The van der Waals surface area contributed by atoms with E-state index in [-0.39, 0.29) is 7.55 Å². The summed E-state index contributed by atoms with van der Waals surface area (Å²) >= 11 is 0. The van der Waals surface area contributed by atoms with Crippen LogP contribution in [0.15, 0.2) is 0 Å². The van der Waals surface area contributed by atoms with Gasteiger partial charge in [0.1, 0.15) is 12.3 Å². The van der Waals surface area contributed by atoms with Crippen molar-refractivity contribution in [3.05, 3.63) is 0 Å². The molecule has 0 aliphatic carbocycles. The lowest BCUT2D eigenvalue weighted by molar-refractivity contribution is 1.44.